The summed E-state index contributed by atoms with van der Waals surface area (Å²) in [5.74, 6) is 0.923. The van der Waals surface area contributed by atoms with Crippen LogP contribution in [0, 0.1) is 0 Å². The molecule has 1 aliphatic heterocycles. The summed E-state index contributed by atoms with van der Waals surface area (Å²) in [6, 6.07) is 18.4. The van der Waals surface area contributed by atoms with E-state index in [9.17, 15) is 0 Å². The molecule has 0 saturated carbocycles. The Morgan fingerprint density at radius 3 is 2.39 bits per heavy atom. The molecule has 0 aromatic heterocycles. The van der Waals surface area contributed by atoms with Crippen molar-refractivity contribution in [2.24, 2.45) is 0 Å². The lowest BCUT2D eigenvalue weighted by atomic mass is 10.1. The van der Waals surface area contributed by atoms with E-state index in [0.29, 0.717) is 12.7 Å². The van der Waals surface area contributed by atoms with Gasteiger partial charge in [0.1, 0.15) is 18.5 Å². The summed E-state index contributed by atoms with van der Waals surface area (Å²) in [6.07, 6.45) is 0.600. The molecule has 0 spiro atoms. The van der Waals surface area contributed by atoms with Crippen LogP contribution in [-0.2, 0) is 4.74 Å². The maximum atomic E-state index is 5.86. The summed E-state index contributed by atoms with van der Waals surface area (Å²) < 4.78 is 11.2. The van der Waals surface area contributed by atoms with Crippen molar-refractivity contribution in [3.8, 4) is 16.9 Å². The topological polar surface area (TPSA) is 21.8 Å². The molecule has 3 rings (SSSR count). The highest BCUT2D eigenvalue weighted by atomic mass is 16.6. The smallest absolute Gasteiger partial charge is 0.127 e. The molecule has 2 aromatic rings. The van der Waals surface area contributed by atoms with Crippen molar-refractivity contribution >= 4 is 0 Å². The van der Waals surface area contributed by atoms with Crippen LogP contribution < -0.4 is 4.74 Å². The number of para-hydroxylation sites is 1. The van der Waals surface area contributed by atoms with Gasteiger partial charge in [0.15, 0.2) is 0 Å². The van der Waals surface area contributed by atoms with E-state index >= 15 is 0 Å². The number of hydrogen-bond acceptors (Lipinski definition) is 2. The van der Waals surface area contributed by atoms with E-state index in [0.717, 1.165) is 11.3 Å². The molecule has 0 bridgehead atoms. The summed E-state index contributed by atoms with van der Waals surface area (Å²) >= 11 is 0. The standard InChI is InChI=1S/C16H16O2/c1-12-16(18-12)11-17-15-10-6-5-9-14(15)13-7-3-2-4-8-13/h2-10,12,16H,11H2,1H3. The average Bonchev–Trinajstić information content (AvgIpc) is 3.14. The molecule has 2 aromatic carbocycles. The fourth-order valence-corrected chi connectivity index (χ4v) is 2.03. The second-order valence-electron chi connectivity index (χ2n) is 4.55. The predicted octanol–water partition coefficient (Wildman–Crippen LogP) is 3.52. The van der Waals surface area contributed by atoms with Crippen LogP contribution in [0.1, 0.15) is 6.92 Å². The summed E-state index contributed by atoms with van der Waals surface area (Å²) in [7, 11) is 0. The maximum Gasteiger partial charge on any atom is 0.127 e. The molecule has 2 nitrogen and oxygen atoms in total. The van der Waals surface area contributed by atoms with Gasteiger partial charge in [0.05, 0.1) is 6.10 Å². The lowest BCUT2D eigenvalue weighted by molar-refractivity contribution is 0.261. The number of ether oxygens (including phenoxy) is 2. The van der Waals surface area contributed by atoms with Gasteiger partial charge in [-0.2, -0.15) is 0 Å². The van der Waals surface area contributed by atoms with Gasteiger partial charge in [0.25, 0.3) is 0 Å². The molecule has 2 heteroatoms. The number of epoxide rings is 1. The lowest BCUT2D eigenvalue weighted by Gasteiger charge is -2.10. The Kier molecular flexibility index (Phi) is 3.03. The van der Waals surface area contributed by atoms with Crippen molar-refractivity contribution in [2.75, 3.05) is 6.61 Å². The Morgan fingerprint density at radius 1 is 1.00 bits per heavy atom. The normalized spacial score (nSPS) is 21.6. The van der Waals surface area contributed by atoms with Gasteiger partial charge in [-0.25, -0.2) is 0 Å². The van der Waals surface area contributed by atoms with Gasteiger partial charge < -0.3 is 9.47 Å². The van der Waals surface area contributed by atoms with Crippen molar-refractivity contribution in [3.63, 3.8) is 0 Å². The minimum atomic E-state index is 0.258. The zero-order valence-electron chi connectivity index (χ0n) is 10.4. The van der Waals surface area contributed by atoms with E-state index in [2.05, 4.69) is 25.1 Å². The van der Waals surface area contributed by atoms with Crippen LogP contribution in [0.25, 0.3) is 11.1 Å². The van der Waals surface area contributed by atoms with Crippen molar-refractivity contribution in [3.05, 3.63) is 54.6 Å². The Bertz CT molecular complexity index is 522. The van der Waals surface area contributed by atoms with Crippen LogP contribution >= 0.6 is 0 Å². The molecule has 1 heterocycles. The third-order valence-corrected chi connectivity index (χ3v) is 3.21. The van der Waals surface area contributed by atoms with Gasteiger partial charge in [-0.15, -0.1) is 0 Å². The van der Waals surface area contributed by atoms with Gasteiger partial charge >= 0.3 is 0 Å². The van der Waals surface area contributed by atoms with Crippen molar-refractivity contribution in [1.29, 1.82) is 0 Å². The van der Waals surface area contributed by atoms with Crippen molar-refractivity contribution in [2.45, 2.75) is 19.1 Å². The molecule has 92 valence electrons. The van der Waals surface area contributed by atoms with Gasteiger partial charge in [-0.3, -0.25) is 0 Å². The predicted molar refractivity (Wildman–Crippen MR) is 71.7 cm³/mol. The third-order valence-electron chi connectivity index (χ3n) is 3.21. The summed E-state index contributed by atoms with van der Waals surface area (Å²) in [5, 5.41) is 0. The first-order valence-electron chi connectivity index (χ1n) is 6.27. The summed E-state index contributed by atoms with van der Waals surface area (Å²) in [5.41, 5.74) is 2.31. The molecular weight excluding hydrogens is 224 g/mol. The molecule has 0 aliphatic carbocycles. The Labute approximate surface area is 107 Å². The van der Waals surface area contributed by atoms with E-state index < -0.39 is 0 Å². The van der Waals surface area contributed by atoms with Crippen molar-refractivity contribution < 1.29 is 9.47 Å². The minimum absolute atomic E-state index is 0.258. The summed E-state index contributed by atoms with van der Waals surface area (Å²) in [6.45, 7) is 2.70. The molecule has 1 fully saturated rings. The molecule has 1 saturated heterocycles. The highest BCUT2D eigenvalue weighted by Crippen LogP contribution is 2.31. The fourth-order valence-electron chi connectivity index (χ4n) is 2.03. The van der Waals surface area contributed by atoms with Crippen molar-refractivity contribution in [1.82, 2.24) is 0 Å². The van der Waals surface area contributed by atoms with E-state index in [4.69, 9.17) is 9.47 Å². The molecular formula is C16H16O2. The van der Waals surface area contributed by atoms with Crippen LogP contribution in [0.3, 0.4) is 0 Å². The van der Waals surface area contributed by atoms with Gasteiger partial charge in [-0.05, 0) is 18.6 Å². The van der Waals surface area contributed by atoms with Gasteiger partial charge in [0.2, 0.25) is 0 Å². The van der Waals surface area contributed by atoms with Gasteiger partial charge in [0, 0.05) is 5.56 Å². The second kappa shape index (κ2) is 4.83. The minimum Gasteiger partial charge on any atom is -0.490 e. The molecule has 0 radical (unpaired) electrons. The highest BCUT2D eigenvalue weighted by Gasteiger charge is 2.34. The van der Waals surface area contributed by atoms with E-state index in [-0.39, 0.29) is 6.10 Å². The largest absolute Gasteiger partial charge is 0.490 e. The SMILES string of the molecule is CC1OC1COc1ccccc1-c1ccccc1. The molecule has 2 unspecified atom stereocenters. The second-order valence-corrected chi connectivity index (χ2v) is 4.55. The quantitative estimate of drug-likeness (QED) is 0.763. The first-order valence-corrected chi connectivity index (χ1v) is 6.27. The van der Waals surface area contributed by atoms with Crippen LogP contribution in [0.4, 0.5) is 0 Å². The first kappa shape index (κ1) is 11.3. The number of benzene rings is 2. The monoisotopic (exact) mass is 240 g/mol. The van der Waals surface area contributed by atoms with Crippen LogP contribution in [0.2, 0.25) is 0 Å². The maximum absolute atomic E-state index is 5.86. The van der Waals surface area contributed by atoms with Gasteiger partial charge in [-0.1, -0.05) is 48.5 Å². The van der Waals surface area contributed by atoms with E-state index in [1.165, 1.54) is 5.56 Å². The average molecular weight is 240 g/mol. The fraction of sp³-hybridized carbons (Fsp3) is 0.250. The Balaban J connectivity index is 1.81. The van der Waals surface area contributed by atoms with Crippen LogP contribution in [-0.4, -0.2) is 18.8 Å². The summed E-state index contributed by atoms with van der Waals surface area (Å²) in [4.78, 5) is 0. The van der Waals surface area contributed by atoms with Crippen LogP contribution in [0.5, 0.6) is 5.75 Å². The zero-order chi connectivity index (χ0) is 12.4. The Morgan fingerprint density at radius 2 is 1.67 bits per heavy atom. The Hall–Kier alpha value is -1.80. The molecule has 1 aliphatic rings. The number of rotatable bonds is 4. The first-order chi connectivity index (χ1) is 8.84. The van der Waals surface area contributed by atoms with E-state index in [1.54, 1.807) is 0 Å². The van der Waals surface area contributed by atoms with Crippen LogP contribution in [0.15, 0.2) is 54.6 Å². The zero-order valence-corrected chi connectivity index (χ0v) is 10.4. The molecule has 0 amide bonds. The molecule has 0 N–H and O–H groups in total. The highest BCUT2D eigenvalue weighted by molar-refractivity contribution is 5.70. The number of hydrogen-bond donors (Lipinski definition) is 0. The molecule has 18 heavy (non-hydrogen) atoms. The van der Waals surface area contributed by atoms with E-state index in [1.807, 2.05) is 36.4 Å². The molecule has 2 atom stereocenters. The lowest BCUT2D eigenvalue weighted by Crippen LogP contribution is -2.06. The third kappa shape index (κ3) is 2.39.